The van der Waals surface area contributed by atoms with Gasteiger partial charge in [0.1, 0.15) is 0 Å². The average Bonchev–Trinajstić information content (AvgIpc) is 2.49. The maximum Gasteiger partial charge on any atom is 0.337 e. The normalized spacial score (nSPS) is 10.2. The van der Waals surface area contributed by atoms with E-state index >= 15 is 0 Å². The first-order chi connectivity index (χ1) is 10.0. The smallest absolute Gasteiger partial charge is 0.337 e. The highest BCUT2D eigenvalue weighted by Crippen LogP contribution is 2.30. The lowest BCUT2D eigenvalue weighted by atomic mass is 10.2. The summed E-state index contributed by atoms with van der Waals surface area (Å²) in [5, 5.41) is 9.09. The Kier molecular flexibility index (Phi) is 5.03. The molecule has 0 radical (unpaired) electrons. The third-order valence-corrected chi connectivity index (χ3v) is 4.37. The Hall–Kier alpha value is -1.79. The molecule has 2 aromatic rings. The zero-order chi connectivity index (χ0) is 15.4. The first-order valence-electron chi connectivity index (χ1n) is 5.90. The number of hydrogen-bond acceptors (Lipinski definition) is 4. The molecule has 0 aliphatic carbocycles. The van der Waals surface area contributed by atoms with E-state index in [1.807, 2.05) is 6.07 Å². The number of hydrogen-bond donors (Lipinski definition) is 1. The first kappa shape index (κ1) is 15.6. The summed E-state index contributed by atoms with van der Waals surface area (Å²) >= 11 is 4.63. The third kappa shape index (κ3) is 3.86. The predicted octanol–water partition coefficient (Wildman–Crippen LogP) is 4.09. The van der Waals surface area contributed by atoms with Gasteiger partial charge in [0.05, 0.1) is 18.2 Å². The van der Waals surface area contributed by atoms with Crippen molar-refractivity contribution in [2.75, 3.05) is 7.11 Å². The summed E-state index contributed by atoms with van der Waals surface area (Å²) in [5.74, 6) is -1.37. The molecule has 6 heteroatoms. The van der Waals surface area contributed by atoms with Crippen LogP contribution in [0, 0.1) is 0 Å². The SMILES string of the molecule is COC(=O)c1ccc(Sc2ccc(Br)c(C(=O)O)c2)cc1. The minimum Gasteiger partial charge on any atom is -0.478 e. The average molecular weight is 367 g/mol. The van der Waals surface area contributed by atoms with E-state index in [1.165, 1.54) is 18.9 Å². The van der Waals surface area contributed by atoms with Crippen LogP contribution >= 0.6 is 27.7 Å². The standard InChI is InChI=1S/C15H11BrO4S/c1-20-15(19)9-2-4-10(5-3-9)21-11-6-7-13(16)12(8-11)14(17)18/h2-8H,1H3,(H,17,18). The Morgan fingerprint density at radius 1 is 1.10 bits per heavy atom. The Balaban J connectivity index is 2.20. The zero-order valence-electron chi connectivity index (χ0n) is 11.0. The minimum atomic E-state index is -0.981. The maximum absolute atomic E-state index is 11.3. The molecule has 2 rings (SSSR count). The summed E-state index contributed by atoms with van der Waals surface area (Å²) < 4.78 is 5.18. The van der Waals surface area contributed by atoms with Gasteiger partial charge < -0.3 is 9.84 Å². The van der Waals surface area contributed by atoms with Gasteiger partial charge in [0.15, 0.2) is 0 Å². The summed E-state index contributed by atoms with van der Waals surface area (Å²) in [6, 6.07) is 12.1. The van der Waals surface area contributed by atoms with Gasteiger partial charge in [0, 0.05) is 14.3 Å². The third-order valence-electron chi connectivity index (χ3n) is 2.68. The summed E-state index contributed by atoms with van der Waals surface area (Å²) in [7, 11) is 1.33. The second-order valence-electron chi connectivity index (χ2n) is 4.06. The van der Waals surface area contributed by atoms with Crippen LogP contribution in [0.5, 0.6) is 0 Å². The van der Waals surface area contributed by atoms with Gasteiger partial charge in [-0.25, -0.2) is 9.59 Å². The van der Waals surface area contributed by atoms with E-state index in [0.717, 1.165) is 9.79 Å². The van der Waals surface area contributed by atoms with E-state index in [9.17, 15) is 9.59 Å². The number of carbonyl (C=O) groups is 2. The van der Waals surface area contributed by atoms with Crippen LogP contribution in [0.4, 0.5) is 0 Å². The molecule has 0 aromatic heterocycles. The number of rotatable bonds is 4. The fraction of sp³-hybridized carbons (Fsp3) is 0.0667. The fourth-order valence-corrected chi connectivity index (χ4v) is 2.92. The van der Waals surface area contributed by atoms with Crippen molar-refractivity contribution < 1.29 is 19.4 Å². The van der Waals surface area contributed by atoms with E-state index in [1.54, 1.807) is 36.4 Å². The molecule has 0 amide bonds. The first-order valence-corrected chi connectivity index (χ1v) is 7.51. The van der Waals surface area contributed by atoms with Crippen LogP contribution in [0.1, 0.15) is 20.7 Å². The summed E-state index contributed by atoms with van der Waals surface area (Å²) in [5.41, 5.74) is 0.690. The van der Waals surface area contributed by atoms with Crippen molar-refractivity contribution in [2.45, 2.75) is 9.79 Å². The van der Waals surface area contributed by atoms with Gasteiger partial charge in [0.25, 0.3) is 0 Å². The topological polar surface area (TPSA) is 63.6 Å². The molecule has 0 aliphatic heterocycles. The molecule has 2 aromatic carbocycles. The number of esters is 1. The summed E-state index contributed by atoms with van der Waals surface area (Å²) in [6.45, 7) is 0. The molecule has 0 aliphatic rings. The van der Waals surface area contributed by atoms with Crippen molar-refractivity contribution >= 4 is 39.6 Å². The second-order valence-corrected chi connectivity index (χ2v) is 6.07. The Bertz CT molecular complexity index is 683. The fourth-order valence-electron chi connectivity index (χ4n) is 1.64. The van der Waals surface area contributed by atoms with Crippen molar-refractivity contribution in [1.82, 2.24) is 0 Å². The van der Waals surface area contributed by atoms with Crippen LogP contribution in [0.15, 0.2) is 56.7 Å². The van der Waals surface area contributed by atoms with Gasteiger partial charge in [-0.1, -0.05) is 11.8 Å². The van der Waals surface area contributed by atoms with Gasteiger partial charge in [-0.2, -0.15) is 0 Å². The zero-order valence-corrected chi connectivity index (χ0v) is 13.4. The van der Waals surface area contributed by atoms with Crippen molar-refractivity contribution in [3.8, 4) is 0 Å². The second kappa shape index (κ2) is 6.78. The summed E-state index contributed by atoms with van der Waals surface area (Å²) in [6.07, 6.45) is 0. The number of methoxy groups -OCH3 is 1. The quantitative estimate of drug-likeness (QED) is 0.825. The van der Waals surface area contributed by atoms with Crippen LogP contribution in [-0.2, 0) is 4.74 Å². The number of aromatic carboxylic acids is 1. The number of benzene rings is 2. The van der Waals surface area contributed by atoms with Gasteiger partial charge in [-0.15, -0.1) is 0 Å². The molecule has 4 nitrogen and oxygen atoms in total. The van der Waals surface area contributed by atoms with E-state index in [-0.39, 0.29) is 11.5 Å². The highest BCUT2D eigenvalue weighted by molar-refractivity contribution is 9.10. The molecule has 0 unspecified atom stereocenters. The number of carboxylic acids is 1. The van der Waals surface area contributed by atoms with E-state index < -0.39 is 5.97 Å². The van der Waals surface area contributed by atoms with Crippen LogP contribution in [-0.4, -0.2) is 24.2 Å². The molecular weight excluding hydrogens is 356 g/mol. The van der Waals surface area contributed by atoms with Gasteiger partial charge in [-0.05, 0) is 58.4 Å². The highest BCUT2D eigenvalue weighted by atomic mass is 79.9. The number of halogens is 1. The van der Waals surface area contributed by atoms with Crippen molar-refractivity contribution in [3.63, 3.8) is 0 Å². The van der Waals surface area contributed by atoms with Gasteiger partial charge >= 0.3 is 11.9 Å². The monoisotopic (exact) mass is 366 g/mol. The number of ether oxygens (including phenoxy) is 1. The van der Waals surface area contributed by atoms with Crippen LogP contribution in [0.3, 0.4) is 0 Å². The van der Waals surface area contributed by atoms with Crippen molar-refractivity contribution in [2.24, 2.45) is 0 Å². The molecular formula is C15H11BrO4S. The minimum absolute atomic E-state index is 0.214. The van der Waals surface area contributed by atoms with Crippen molar-refractivity contribution in [3.05, 3.63) is 58.1 Å². The Morgan fingerprint density at radius 2 is 1.71 bits per heavy atom. The lowest BCUT2D eigenvalue weighted by Crippen LogP contribution is -2.00. The molecule has 0 saturated carbocycles. The lowest BCUT2D eigenvalue weighted by molar-refractivity contribution is 0.0599. The highest BCUT2D eigenvalue weighted by Gasteiger charge is 2.10. The molecule has 0 fully saturated rings. The van der Waals surface area contributed by atoms with Crippen molar-refractivity contribution in [1.29, 1.82) is 0 Å². The largest absolute Gasteiger partial charge is 0.478 e. The number of carboxylic acid groups (broad SMARTS) is 1. The molecule has 0 atom stereocenters. The molecule has 0 saturated heterocycles. The molecule has 21 heavy (non-hydrogen) atoms. The Labute approximate surface area is 134 Å². The molecule has 0 spiro atoms. The van der Waals surface area contributed by atoms with Crippen LogP contribution in [0.2, 0.25) is 0 Å². The Morgan fingerprint density at radius 3 is 2.29 bits per heavy atom. The van der Waals surface area contributed by atoms with Crippen LogP contribution < -0.4 is 0 Å². The van der Waals surface area contributed by atoms with E-state index in [2.05, 4.69) is 20.7 Å². The van der Waals surface area contributed by atoms with Gasteiger partial charge in [-0.3, -0.25) is 0 Å². The molecule has 1 N–H and O–H groups in total. The van der Waals surface area contributed by atoms with E-state index in [4.69, 9.17) is 5.11 Å². The number of carbonyl (C=O) groups excluding carboxylic acids is 1. The predicted molar refractivity (Wildman–Crippen MR) is 83.0 cm³/mol. The molecule has 108 valence electrons. The van der Waals surface area contributed by atoms with Crippen LogP contribution in [0.25, 0.3) is 0 Å². The van der Waals surface area contributed by atoms with E-state index in [0.29, 0.717) is 10.0 Å². The van der Waals surface area contributed by atoms with Gasteiger partial charge in [0.2, 0.25) is 0 Å². The molecule has 0 heterocycles. The maximum atomic E-state index is 11.3. The molecule has 0 bridgehead atoms. The lowest BCUT2D eigenvalue weighted by Gasteiger charge is -2.05. The summed E-state index contributed by atoms with van der Waals surface area (Å²) in [4.78, 5) is 24.1.